The lowest BCUT2D eigenvalue weighted by molar-refractivity contribution is -0.870. The molecule has 0 spiro atoms. The Morgan fingerprint density at radius 1 is 1.19 bits per heavy atom. The van der Waals surface area contributed by atoms with Gasteiger partial charge in [-0.2, -0.15) is 0 Å². The van der Waals surface area contributed by atoms with Gasteiger partial charge in [0, 0.05) is 12.7 Å². The van der Waals surface area contributed by atoms with Gasteiger partial charge in [-0.05, 0) is 70.3 Å². The molecular formula is C19H26I2NO8P. The maximum absolute atomic E-state index is 12.4. The first-order chi connectivity index (χ1) is 14.2. The molecule has 12 heteroatoms. The summed E-state index contributed by atoms with van der Waals surface area (Å²) in [6.07, 6.45) is -1.28. The maximum Gasteiger partial charge on any atom is 0.339 e. The number of likely N-dealkylation sites (N-methyl/N-ethyl adjacent to an activating group) is 1. The first kappa shape index (κ1) is 28.5. The van der Waals surface area contributed by atoms with Crippen LogP contribution in [0.15, 0.2) is 30.4 Å². The van der Waals surface area contributed by atoms with Crippen LogP contribution < -0.4 is 4.89 Å². The number of nitrogens with zero attached hydrogens (tertiary/aromatic N) is 1. The van der Waals surface area contributed by atoms with Gasteiger partial charge in [0.25, 0.3) is 7.82 Å². The number of hydrogen-bond acceptors (Lipinski definition) is 8. The summed E-state index contributed by atoms with van der Waals surface area (Å²) in [5, 5.41) is 0. The van der Waals surface area contributed by atoms with Crippen LogP contribution in [0.25, 0.3) is 0 Å². The van der Waals surface area contributed by atoms with Crippen molar-refractivity contribution >= 4 is 64.9 Å². The van der Waals surface area contributed by atoms with Gasteiger partial charge >= 0.3 is 11.9 Å². The van der Waals surface area contributed by atoms with Crippen molar-refractivity contribution in [2.75, 3.05) is 47.5 Å². The number of esters is 2. The van der Waals surface area contributed by atoms with E-state index in [9.17, 15) is 19.0 Å². The van der Waals surface area contributed by atoms with E-state index in [1.165, 1.54) is 6.92 Å². The third kappa shape index (κ3) is 11.7. The van der Waals surface area contributed by atoms with Crippen LogP contribution >= 0.6 is 53.0 Å². The highest BCUT2D eigenvalue weighted by Crippen LogP contribution is 2.40. The molecule has 1 aromatic carbocycles. The van der Waals surface area contributed by atoms with Crippen molar-refractivity contribution in [1.29, 1.82) is 0 Å². The van der Waals surface area contributed by atoms with Crippen LogP contribution in [0.1, 0.15) is 17.3 Å². The van der Waals surface area contributed by atoms with E-state index in [0.717, 1.165) is 3.57 Å². The van der Waals surface area contributed by atoms with Gasteiger partial charge in [0.1, 0.15) is 32.5 Å². The van der Waals surface area contributed by atoms with Crippen LogP contribution in [-0.2, 0) is 27.9 Å². The molecule has 0 aliphatic heterocycles. The lowest BCUT2D eigenvalue weighted by Gasteiger charge is -2.29. The third-order valence-electron chi connectivity index (χ3n) is 3.59. The van der Waals surface area contributed by atoms with E-state index in [4.69, 9.17) is 18.5 Å². The van der Waals surface area contributed by atoms with Gasteiger partial charge in [0.15, 0.2) is 0 Å². The molecule has 0 radical (unpaired) electrons. The molecule has 2 unspecified atom stereocenters. The van der Waals surface area contributed by atoms with E-state index >= 15 is 0 Å². The molecular weight excluding hydrogens is 655 g/mol. The molecule has 0 N–H and O–H groups in total. The Morgan fingerprint density at radius 3 is 2.35 bits per heavy atom. The van der Waals surface area contributed by atoms with E-state index in [1.54, 1.807) is 18.2 Å². The number of hydrogen-bond donors (Lipinski definition) is 0. The summed E-state index contributed by atoms with van der Waals surface area (Å²) >= 11 is 4.12. The van der Waals surface area contributed by atoms with Gasteiger partial charge in [-0.3, -0.25) is 4.57 Å². The molecule has 31 heavy (non-hydrogen) atoms. The zero-order valence-corrected chi connectivity index (χ0v) is 23.0. The average molecular weight is 681 g/mol. The molecule has 0 heterocycles. The van der Waals surface area contributed by atoms with E-state index in [-0.39, 0.29) is 12.2 Å². The fourth-order valence-electron chi connectivity index (χ4n) is 1.94. The largest absolute Gasteiger partial charge is 0.756 e. The number of phosphoric ester groups is 1. The number of rotatable bonds is 12. The van der Waals surface area contributed by atoms with Crippen LogP contribution in [0.2, 0.25) is 0 Å². The normalized spacial score (nSPS) is 14.4. The fourth-order valence-corrected chi connectivity index (χ4v) is 4.62. The molecule has 0 fully saturated rings. The summed E-state index contributed by atoms with van der Waals surface area (Å²) < 4.78 is 34.4. The van der Waals surface area contributed by atoms with Crippen molar-refractivity contribution in [3.05, 3.63) is 43.1 Å². The lowest BCUT2D eigenvalue weighted by atomic mass is 10.2. The van der Waals surface area contributed by atoms with Gasteiger partial charge in [0.2, 0.25) is 0 Å². The van der Waals surface area contributed by atoms with Crippen molar-refractivity contribution in [2.24, 2.45) is 0 Å². The molecule has 2 atom stereocenters. The van der Waals surface area contributed by atoms with Crippen molar-refractivity contribution in [1.82, 2.24) is 0 Å². The second kappa shape index (κ2) is 12.6. The number of phosphoric acid groups is 1. The lowest BCUT2D eigenvalue weighted by Crippen LogP contribution is -2.38. The summed E-state index contributed by atoms with van der Waals surface area (Å²) in [6.45, 7) is 4.30. The van der Waals surface area contributed by atoms with Crippen LogP contribution in [0.3, 0.4) is 0 Å². The molecule has 0 aliphatic carbocycles. The van der Waals surface area contributed by atoms with Gasteiger partial charge in [-0.1, -0.05) is 6.58 Å². The molecule has 0 bridgehead atoms. The summed E-state index contributed by atoms with van der Waals surface area (Å²) in [4.78, 5) is 36.2. The number of carbonyl (C=O) groups is 2. The van der Waals surface area contributed by atoms with Gasteiger partial charge in [0.05, 0.1) is 26.7 Å². The number of benzene rings is 1. The van der Waals surface area contributed by atoms with Crippen LogP contribution in [0, 0.1) is 7.14 Å². The summed E-state index contributed by atoms with van der Waals surface area (Å²) in [7, 11) is 0.907. The van der Waals surface area contributed by atoms with Crippen molar-refractivity contribution in [3.63, 3.8) is 0 Å². The Labute approximate surface area is 209 Å². The average Bonchev–Trinajstić information content (AvgIpc) is 2.61. The van der Waals surface area contributed by atoms with Gasteiger partial charge in [-0.15, -0.1) is 0 Å². The van der Waals surface area contributed by atoms with E-state index in [2.05, 4.69) is 29.2 Å². The zero-order chi connectivity index (χ0) is 23.8. The van der Waals surface area contributed by atoms with E-state index in [0.29, 0.717) is 20.2 Å². The first-order valence-electron chi connectivity index (χ1n) is 9.09. The van der Waals surface area contributed by atoms with Crippen LogP contribution in [0.5, 0.6) is 0 Å². The molecule has 0 saturated heterocycles. The number of ether oxygens (including phenoxy) is 2. The summed E-state index contributed by atoms with van der Waals surface area (Å²) in [5.41, 5.74) is 0.455. The molecule has 0 aromatic heterocycles. The molecule has 1 aromatic rings. The van der Waals surface area contributed by atoms with Crippen molar-refractivity contribution in [3.8, 4) is 0 Å². The highest BCUT2D eigenvalue weighted by atomic mass is 127. The molecule has 174 valence electrons. The van der Waals surface area contributed by atoms with Gasteiger partial charge < -0.3 is 27.9 Å². The maximum atomic E-state index is 12.4. The van der Waals surface area contributed by atoms with Crippen molar-refractivity contribution < 1.29 is 42.1 Å². The topological polar surface area (TPSA) is 111 Å². The Hall–Kier alpha value is -0.570. The predicted octanol–water partition coefficient (Wildman–Crippen LogP) is 2.75. The van der Waals surface area contributed by atoms with E-state index < -0.39 is 39.1 Å². The fraction of sp³-hybridized carbons (Fsp3) is 0.474. The molecule has 0 saturated carbocycles. The van der Waals surface area contributed by atoms with E-state index in [1.807, 2.05) is 43.7 Å². The second-order valence-electron chi connectivity index (χ2n) is 7.62. The zero-order valence-electron chi connectivity index (χ0n) is 17.8. The molecule has 9 nitrogen and oxygen atoms in total. The molecule has 1 rings (SSSR count). The quantitative estimate of drug-likeness (QED) is 0.109. The Kier molecular flexibility index (Phi) is 11.6. The van der Waals surface area contributed by atoms with Crippen molar-refractivity contribution in [2.45, 2.75) is 13.0 Å². The Morgan fingerprint density at radius 2 is 1.81 bits per heavy atom. The first-order valence-corrected chi connectivity index (χ1v) is 12.7. The minimum absolute atomic E-state index is 0.0941. The third-order valence-corrected chi connectivity index (χ3v) is 6.21. The number of carbonyl (C=O) groups excluding carboxylic acids is 2. The standard InChI is InChI=1S/C19H26I2NO8P/c1-13(2)18(23)27-11-15(30-31(25,26)29-9-8-22(3,4)5)12-28-19(24)16-7-6-14(20)10-17(16)21/h6-7,10,15H,1,8-9,11-12H2,2-5H3. The van der Waals surface area contributed by atoms with Crippen LogP contribution in [-0.4, -0.2) is 70.0 Å². The molecule has 0 amide bonds. The second-order valence-corrected chi connectivity index (χ2v) is 11.4. The van der Waals surface area contributed by atoms with Gasteiger partial charge in [-0.25, -0.2) is 9.59 Å². The SMILES string of the molecule is C=C(C)C(=O)OCC(COC(=O)c1ccc(I)cc1I)OP(=O)([O-])OCC[N+](C)(C)C. The summed E-state index contributed by atoms with van der Waals surface area (Å²) in [6, 6.07) is 5.15. The monoisotopic (exact) mass is 681 g/mol. The molecule has 0 aliphatic rings. The highest BCUT2D eigenvalue weighted by molar-refractivity contribution is 14.1. The highest BCUT2D eigenvalue weighted by Gasteiger charge is 2.24. The minimum Gasteiger partial charge on any atom is -0.756 e. The smallest absolute Gasteiger partial charge is 0.339 e. The summed E-state index contributed by atoms with van der Waals surface area (Å²) in [5.74, 6) is -1.38. The Balaban J connectivity index is 2.80. The predicted molar refractivity (Wildman–Crippen MR) is 129 cm³/mol. The van der Waals surface area contributed by atoms with Crippen LogP contribution in [0.4, 0.5) is 0 Å². The number of halogens is 2. The minimum atomic E-state index is -4.73. The Bertz CT molecular complexity index is 856. The number of quaternary nitrogens is 1.